The number of carbonyl (C=O) groups is 1. The first kappa shape index (κ1) is 15.1. The molecule has 1 saturated heterocycles. The van der Waals surface area contributed by atoms with E-state index in [-0.39, 0.29) is 5.57 Å². The molecule has 5 heteroatoms. The number of methoxy groups -OCH3 is 1. The van der Waals surface area contributed by atoms with E-state index in [0.717, 1.165) is 37.4 Å². The van der Waals surface area contributed by atoms with Gasteiger partial charge in [0.1, 0.15) is 11.6 Å². The fourth-order valence-electron chi connectivity index (χ4n) is 2.26. The van der Waals surface area contributed by atoms with Gasteiger partial charge in [-0.05, 0) is 30.8 Å². The maximum Gasteiger partial charge on any atom is 0.348 e. The molecule has 1 aliphatic rings. The molecule has 5 nitrogen and oxygen atoms in total. The number of nitriles is 1. The van der Waals surface area contributed by atoms with Gasteiger partial charge in [0.25, 0.3) is 0 Å². The molecule has 1 fully saturated rings. The van der Waals surface area contributed by atoms with Crippen molar-refractivity contribution in [2.45, 2.75) is 0 Å². The summed E-state index contributed by atoms with van der Waals surface area (Å²) in [6, 6.07) is 9.71. The Morgan fingerprint density at radius 3 is 2.38 bits per heavy atom. The number of ether oxygens (including phenoxy) is 1. The molecule has 0 aromatic heterocycles. The van der Waals surface area contributed by atoms with Gasteiger partial charge < -0.3 is 14.5 Å². The second kappa shape index (κ2) is 6.91. The van der Waals surface area contributed by atoms with E-state index in [9.17, 15) is 4.79 Å². The standard InChI is InChI=1S/C16H19N3O2/c1-18-7-9-19(10-8-18)15-5-3-13(4-6-15)11-14(12-17)16(20)21-2/h3-6,11H,7-10H2,1-2H3/b14-11+. The number of likely N-dealkylation sites (N-methyl/N-ethyl adjacent to an activating group) is 1. The van der Waals surface area contributed by atoms with E-state index in [1.54, 1.807) is 6.08 Å². The normalized spacial score (nSPS) is 16.4. The lowest BCUT2D eigenvalue weighted by Crippen LogP contribution is -2.44. The van der Waals surface area contributed by atoms with E-state index >= 15 is 0 Å². The van der Waals surface area contributed by atoms with Crippen LogP contribution in [0.5, 0.6) is 0 Å². The summed E-state index contributed by atoms with van der Waals surface area (Å²) in [7, 11) is 3.39. The Morgan fingerprint density at radius 1 is 1.24 bits per heavy atom. The number of anilines is 1. The van der Waals surface area contributed by atoms with Gasteiger partial charge in [-0.2, -0.15) is 5.26 Å². The van der Waals surface area contributed by atoms with Crippen LogP contribution in [0.3, 0.4) is 0 Å². The second-order valence-electron chi connectivity index (χ2n) is 5.04. The van der Waals surface area contributed by atoms with Gasteiger partial charge in [0.05, 0.1) is 7.11 Å². The molecule has 0 N–H and O–H groups in total. The van der Waals surface area contributed by atoms with Crippen LogP contribution in [0.25, 0.3) is 6.08 Å². The lowest BCUT2D eigenvalue weighted by molar-refractivity contribution is -0.135. The van der Waals surface area contributed by atoms with Crippen LogP contribution in [-0.2, 0) is 9.53 Å². The SMILES string of the molecule is COC(=O)/C(C#N)=C/c1ccc(N2CCN(C)CC2)cc1. The van der Waals surface area contributed by atoms with Crippen molar-refractivity contribution >= 4 is 17.7 Å². The van der Waals surface area contributed by atoms with Crippen LogP contribution >= 0.6 is 0 Å². The van der Waals surface area contributed by atoms with Crippen molar-refractivity contribution in [2.75, 3.05) is 45.2 Å². The average molecular weight is 285 g/mol. The largest absolute Gasteiger partial charge is 0.465 e. The Labute approximate surface area is 125 Å². The third-order valence-corrected chi connectivity index (χ3v) is 3.60. The summed E-state index contributed by atoms with van der Waals surface area (Å²) in [4.78, 5) is 16.0. The Hall–Kier alpha value is -2.32. The second-order valence-corrected chi connectivity index (χ2v) is 5.04. The fraction of sp³-hybridized carbons (Fsp3) is 0.375. The number of hydrogen-bond donors (Lipinski definition) is 0. The smallest absolute Gasteiger partial charge is 0.348 e. The quantitative estimate of drug-likeness (QED) is 0.479. The van der Waals surface area contributed by atoms with Gasteiger partial charge in [0, 0.05) is 31.9 Å². The highest BCUT2D eigenvalue weighted by Crippen LogP contribution is 2.18. The van der Waals surface area contributed by atoms with E-state index in [1.807, 2.05) is 30.3 Å². The summed E-state index contributed by atoms with van der Waals surface area (Å²) in [5, 5.41) is 8.94. The molecule has 0 atom stereocenters. The summed E-state index contributed by atoms with van der Waals surface area (Å²) in [5.74, 6) is -0.611. The summed E-state index contributed by atoms with van der Waals surface area (Å²) in [6.45, 7) is 4.14. The molecule has 1 aromatic rings. The van der Waals surface area contributed by atoms with Crippen LogP contribution in [0.4, 0.5) is 5.69 Å². The van der Waals surface area contributed by atoms with Crippen molar-refractivity contribution < 1.29 is 9.53 Å². The van der Waals surface area contributed by atoms with Crippen molar-refractivity contribution in [1.29, 1.82) is 5.26 Å². The highest BCUT2D eigenvalue weighted by atomic mass is 16.5. The minimum Gasteiger partial charge on any atom is -0.465 e. The zero-order valence-electron chi connectivity index (χ0n) is 12.4. The zero-order chi connectivity index (χ0) is 15.2. The molecule has 0 spiro atoms. The molecule has 1 aromatic carbocycles. The highest BCUT2D eigenvalue weighted by molar-refractivity contribution is 5.97. The summed E-state index contributed by atoms with van der Waals surface area (Å²) >= 11 is 0. The third kappa shape index (κ3) is 3.83. The number of esters is 1. The van der Waals surface area contributed by atoms with E-state index in [1.165, 1.54) is 7.11 Å². The first-order valence-electron chi connectivity index (χ1n) is 6.87. The van der Waals surface area contributed by atoms with E-state index < -0.39 is 5.97 Å². The van der Waals surface area contributed by atoms with Crippen LogP contribution in [0.15, 0.2) is 29.8 Å². The maximum absolute atomic E-state index is 11.4. The summed E-state index contributed by atoms with van der Waals surface area (Å²) in [5.41, 5.74) is 1.98. The van der Waals surface area contributed by atoms with E-state index in [2.05, 4.69) is 21.6 Å². The first-order valence-corrected chi connectivity index (χ1v) is 6.87. The maximum atomic E-state index is 11.4. The minimum atomic E-state index is -0.611. The van der Waals surface area contributed by atoms with Crippen molar-refractivity contribution in [2.24, 2.45) is 0 Å². The van der Waals surface area contributed by atoms with Gasteiger partial charge in [-0.15, -0.1) is 0 Å². The van der Waals surface area contributed by atoms with Crippen LogP contribution in [0.2, 0.25) is 0 Å². The molecule has 1 heterocycles. The van der Waals surface area contributed by atoms with Gasteiger partial charge in [-0.1, -0.05) is 12.1 Å². The molecular formula is C16H19N3O2. The molecule has 110 valence electrons. The average Bonchev–Trinajstić information content (AvgIpc) is 2.53. The van der Waals surface area contributed by atoms with Crippen LogP contribution in [-0.4, -0.2) is 51.2 Å². The lowest BCUT2D eigenvalue weighted by Gasteiger charge is -2.34. The predicted octanol–water partition coefficient (Wildman–Crippen LogP) is 1.52. The molecule has 0 unspecified atom stereocenters. The number of piperazine rings is 1. The number of nitrogens with zero attached hydrogens (tertiary/aromatic N) is 3. The predicted molar refractivity (Wildman–Crippen MR) is 81.8 cm³/mol. The van der Waals surface area contributed by atoms with E-state index in [4.69, 9.17) is 5.26 Å². The molecule has 0 radical (unpaired) electrons. The zero-order valence-corrected chi connectivity index (χ0v) is 12.4. The minimum absolute atomic E-state index is 0.00449. The molecule has 0 amide bonds. The van der Waals surface area contributed by atoms with Crippen LogP contribution in [0.1, 0.15) is 5.56 Å². The fourth-order valence-corrected chi connectivity index (χ4v) is 2.26. The van der Waals surface area contributed by atoms with Crippen molar-refractivity contribution in [3.63, 3.8) is 0 Å². The summed E-state index contributed by atoms with van der Waals surface area (Å²) < 4.78 is 4.56. The van der Waals surface area contributed by atoms with Gasteiger partial charge in [-0.3, -0.25) is 0 Å². The Balaban J connectivity index is 2.10. The van der Waals surface area contributed by atoms with E-state index in [0.29, 0.717) is 0 Å². The number of benzene rings is 1. The molecule has 21 heavy (non-hydrogen) atoms. The Morgan fingerprint density at radius 2 is 1.86 bits per heavy atom. The van der Waals surface area contributed by atoms with Crippen molar-refractivity contribution in [3.8, 4) is 6.07 Å². The molecule has 2 rings (SSSR count). The Bertz CT molecular complexity index is 564. The third-order valence-electron chi connectivity index (χ3n) is 3.60. The van der Waals surface area contributed by atoms with Crippen LogP contribution < -0.4 is 4.90 Å². The molecule has 0 aliphatic carbocycles. The van der Waals surface area contributed by atoms with Crippen molar-refractivity contribution in [1.82, 2.24) is 4.90 Å². The highest BCUT2D eigenvalue weighted by Gasteiger charge is 2.14. The summed E-state index contributed by atoms with van der Waals surface area (Å²) in [6.07, 6.45) is 1.54. The van der Waals surface area contributed by atoms with Gasteiger partial charge in [0.2, 0.25) is 0 Å². The molecule has 1 aliphatic heterocycles. The van der Waals surface area contributed by atoms with Gasteiger partial charge in [-0.25, -0.2) is 4.79 Å². The molecule has 0 bridgehead atoms. The lowest BCUT2D eigenvalue weighted by atomic mass is 10.1. The topological polar surface area (TPSA) is 56.6 Å². The molecular weight excluding hydrogens is 266 g/mol. The number of carbonyl (C=O) groups excluding carboxylic acids is 1. The van der Waals surface area contributed by atoms with Crippen molar-refractivity contribution in [3.05, 3.63) is 35.4 Å². The van der Waals surface area contributed by atoms with Gasteiger partial charge >= 0.3 is 5.97 Å². The monoisotopic (exact) mass is 285 g/mol. The number of rotatable bonds is 3. The van der Waals surface area contributed by atoms with Gasteiger partial charge in [0.15, 0.2) is 0 Å². The number of hydrogen-bond acceptors (Lipinski definition) is 5. The molecule has 0 saturated carbocycles. The van der Waals surface area contributed by atoms with Crippen LogP contribution in [0, 0.1) is 11.3 Å². The first-order chi connectivity index (χ1) is 10.1. The Kier molecular flexibility index (Phi) is 4.96.